The van der Waals surface area contributed by atoms with Crippen molar-refractivity contribution in [2.75, 3.05) is 0 Å². The molecule has 0 saturated heterocycles. The van der Waals surface area contributed by atoms with Crippen LogP contribution >= 0.6 is 0 Å². The summed E-state index contributed by atoms with van der Waals surface area (Å²) in [6.45, 7) is 3.75. The SMILES string of the molecule is Cc1nc2ccc(O)cc2c(=O)n1C(c1ccccc1)c1ccccc1.Cc1nc2ccc(OC3CCCCC3)cc2c(=O)n1C(c1ccccc1)c1ccccc1.OC1CCCCC1. The van der Waals surface area contributed by atoms with Crippen molar-refractivity contribution in [3.63, 3.8) is 0 Å². The Morgan fingerprint density at radius 3 is 1.29 bits per heavy atom. The fourth-order valence-corrected chi connectivity index (χ4v) is 9.25. The summed E-state index contributed by atoms with van der Waals surface area (Å²) in [5.41, 5.74) is 5.20. The Kier molecular flexibility index (Phi) is 14.6. The number of ether oxygens (including phenoxy) is 1. The van der Waals surface area contributed by atoms with E-state index in [4.69, 9.17) is 14.8 Å². The number of rotatable bonds is 8. The molecule has 8 aromatic rings. The van der Waals surface area contributed by atoms with Crippen LogP contribution in [0.4, 0.5) is 0 Å². The summed E-state index contributed by atoms with van der Waals surface area (Å²) in [5, 5.41) is 19.7. The predicted octanol–water partition coefficient (Wildman–Crippen LogP) is 11.4. The second-order valence-corrected chi connectivity index (χ2v) is 17.2. The van der Waals surface area contributed by atoms with Crippen LogP contribution in [-0.4, -0.2) is 41.5 Å². The molecule has 0 unspecified atom stereocenters. The van der Waals surface area contributed by atoms with Crippen LogP contribution in [0.25, 0.3) is 21.8 Å². The number of phenolic OH excluding ortho intramolecular Hbond substituents is 1. The number of aliphatic hydroxyl groups is 1. The Bertz CT molecular complexity index is 2830. The Labute approximate surface area is 380 Å². The van der Waals surface area contributed by atoms with Gasteiger partial charge in [0, 0.05) is 0 Å². The van der Waals surface area contributed by atoms with E-state index in [-0.39, 0.29) is 41.2 Å². The summed E-state index contributed by atoms with van der Waals surface area (Å²) in [7, 11) is 0. The molecule has 9 heteroatoms. The molecular formula is C56H58N4O5. The molecule has 2 N–H and O–H groups in total. The minimum atomic E-state index is -0.288. The first-order valence-electron chi connectivity index (χ1n) is 23.0. The zero-order chi connectivity index (χ0) is 45.1. The first-order chi connectivity index (χ1) is 31.7. The highest BCUT2D eigenvalue weighted by Gasteiger charge is 2.24. The van der Waals surface area contributed by atoms with Gasteiger partial charge in [0.1, 0.15) is 23.1 Å². The molecular weight excluding hydrogens is 809 g/mol. The first kappa shape index (κ1) is 44.8. The second-order valence-electron chi connectivity index (χ2n) is 17.2. The van der Waals surface area contributed by atoms with Gasteiger partial charge in [0.2, 0.25) is 0 Å². The third kappa shape index (κ3) is 10.8. The van der Waals surface area contributed by atoms with E-state index >= 15 is 0 Å². The Balaban J connectivity index is 0.000000156. The van der Waals surface area contributed by atoms with Gasteiger partial charge in [0.05, 0.1) is 46.1 Å². The van der Waals surface area contributed by atoms with E-state index in [1.54, 1.807) is 16.7 Å². The van der Waals surface area contributed by atoms with Crippen LogP contribution in [0.1, 0.15) is 110 Å². The van der Waals surface area contributed by atoms with Crippen molar-refractivity contribution in [3.8, 4) is 11.5 Å². The third-order valence-corrected chi connectivity index (χ3v) is 12.5. The largest absolute Gasteiger partial charge is 0.508 e. The van der Waals surface area contributed by atoms with Gasteiger partial charge in [-0.25, -0.2) is 9.97 Å². The van der Waals surface area contributed by atoms with Crippen molar-refractivity contribution in [1.82, 2.24) is 19.1 Å². The van der Waals surface area contributed by atoms with Gasteiger partial charge in [-0.2, -0.15) is 0 Å². The zero-order valence-electron chi connectivity index (χ0n) is 37.3. The highest BCUT2D eigenvalue weighted by Crippen LogP contribution is 2.30. The van der Waals surface area contributed by atoms with Crippen LogP contribution in [0.5, 0.6) is 11.5 Å². The number of phenols is 1. The molecule has 9 nitrogen and oxygen atoms in total. The number of aryl methyl sites for hydroxylation is 2. The molecule has 65 heavy (non-hydrogen) atoms. The Morgan fingerprint density at radius 2 is 0.892 bits per heavy atom. The van der Waals surface area contributed by atoms with Crippen molar-refractivity contribution < 1.29 is 14.9 Å². The van der Waals surface area contributed by atoms with Crippen LogP contribution in [0, 0.1) is 13.8 Å². The van der Waals surface area contributed by atoms with E-state index in [1.807, 2.05) is 134 Å². The number of aromatic nitrogens is 4. The fraction of sp³-hybridized carbons (Fsp3) is 0.286. The standard InChI is InChI=1S/C28H28N2O2.C22H18N2O2.C6H12O/c1-20-29-26-18-17-24(32-23-15-9-4-10-16-23)19-25(26)28(31)30(20)27(21-11-5-2-6-12-21)22-13-7-3-8-14-22;1-15-23-20-13-12-18(25)14-19(20)22(26)24(15)21(16-8-4-2-5-9-16)17-10-6-3-7-11-17;7-6-4-2-1-3-5-6/h2-3,5-8,11-14,17-19,23,27H,4,9-10,15-16H2,1H3;2-14,21,25H,1H3;6-7H,1-5H2. The number of hydrogen-bond donors (Lipinski definition) is 2. The van der Waals surface area contributed by atoms with E-state index in [0.717, 1.165) is 53.7 Å². The maximum Gasteiger partial charge on any atom is 0.262 e. The Hall–Kier alpha value is -6.84. The summed E-state index contributed by atoms with van der Waals surface area (Å²) in [5.74, 6) is 2.14. The molecule has 0 atom stereocenters. The van der Waals surface area contributed by atoms with Crippen molar-refractivity contribution in [3.05, 3.63) is 212 Å². The number of aliphatic hydroxyl groups excluding tert-OH is 1. The van der Waals surface area contributed by atoms with Crippen molar-refractivity contribution in [2.24, 2.45) is 0 Å². The van der Waals surface area contributed by atoms with Crippen LogP contribution < -0.4 is 15.9 Å². The summed E-state index contributed by atoms with van der Waals surface area (Å²) >= 11 is 0. The highest BCUT2D eigenvalue weighted by atomic mass is 16.5. The maximum atomic E-state index is 13.8. The first-order valence-corrected chi connectivity index (χ1v) is 23.0. The molecule has 2 fully saturated rings. The van der Waals surface area contributed by atoms with E-state index in [2.05, 4.69) is 29.2 Å². The molecule has 0 amide bonds. The smallest absolute Gasteiger partial charge is 0.262 e. The second kappa shape index (κ2) is 21.2. The number of hydrogen-bond acceptors (Lipinski definition) is 7. The number of nitrogens with zero attached hydrogens (tertiary/aromatic N) is 4. The molecule has 2 saturated carbocycles. The van der Waals surface area contributed by atoms with Crippen LogP contribution in [0.3, 0.4) is 0 Å². The summed E-state index contributed by atoms with van der Waals surface area (Å²) in [6, 6.07) is 50.0. The van der Waals surface area contributed by atoms with E-state index in [9.17, 15) is 14.7 Å². The van der Waals surface area contributed by atoms with Crippen LogP contribution in [0.2, 0.25) is 0 Å². The predicted molar refractivity (Wildman–Crippen MR) is 260 cm³/mol. The molecule has 2 aliphatic rings. The molecule has 0 radical (unpaired) electrons. The van der Waals surface area contributed by atoms with Gasteiger partial charge < -0.3 is 14.9 Å². The van der Waals surface area contributed by atoms with E-state index in [1.165, 1.54) is 44.6 Å². The molecule has 2 aromatic heterocycles. The average Bonchev–Trinajstić information content (AvgIpc) is 3.34. The lowest BCUT2D eigenvalue weighted by Crippen LogP contribution is -2.29. The van der Waals surface area contributed by atoms with Gasteiger partial charge in [-0.15, -0.1) is 0 Å². The van der Waals surface area contributed by atoms with Gasteiger partial charge in [0.15, 0.2) is 0 Å². The van der Waals surface area contributed by atoms with Gasteiger partial charge in [-0.05, 0) is 111 Å². The normalized spacial score (nSPS) is 14.4. The average molecular weight is 867 g/mol. The monoisotopic (exact) mass is 866 g/mol. The molecule has 2 heterocycles. The van der Waals surface area contributed by atoms with Crippen molar-refractivity contribution in [1.29, 1.82) is 0 Å². The summed E-state index contributed by atoms with van der Waals surface area (Å²) in [4.78, 5) is 36.6. The topological polar surface area (TPSA) is 119 Å². The van der Waals surface area contributed by atoms with Crippen molar-refractivity contribution >= 4 is 21.8 Å². The number of fused-ring (bicyclic) bond motifs is 2. The molecule has 332 valence electrons. The maximum absolute atomic E-state index is 13.8. The number of benzene rings is 6. The fourth-order valence-electron chi connectivity index (χ4n) is 9.25. The molecule has 10 rings (SSSR count). The highest BCUT2D eigenvalue weighted by molar-refractivity contribution is 5.80. The summed E-state index contributed by atoms with van der Waals surface area (Å²) < 4.78 is 9.76. The van der Waals surface area contributed by atoms with Crippen LogP contribution in [-0.2, 0) is 0 Å². The van der Waals surface area contributed by atoms with Gasteiger partial charge in [0.25, 0.3) is 11.1 Å². The lowest BCUT2D eigenvalue weighted by Gasteiger charge is -2.24. The van der Waals surface area contributed by atoms with Crippen molar-refractivity contribution in [2.45, 2.75) is 102 Å². The van der Waals surface area contributed by atoms with Gasteiger partial charge in [-0.1, -0.05) is 147 Å². The van der Waals surface area contributed by atoms with Gasteiger partial charge >= 0.3 is 0 Å². The third-order valence-electron chi connectivity index (χ3n) is 12.5. The quantitative estimate of drug-likeness (QED) is 0.156. The molecule has 2 aliphatic carbocycles. The lowest BCUT2D eigenvalue weighted by molar-refractivity contribution is 0.130. The van der Waals surface area contributed by atoms with Gasteiger partial charge in [-0.3, -0.25) is 18.7 Å². The summed E-state index contributed by atoms with van der Waals surface area (Å²) in [6.07, 6.45) is 12.0. The van der Waals surface area contributed by atoms with E-state index < -0.39 is 0 Å². The molecule has 6 aromatic carbocycles. The lowest BCUT2D eigenvalue weighted by atomic mass is 9.97. The minimum Gasteiger partial charge on any atom is -0.508 e. The zero-order valence-corrected chi connectivity index (χ0v) is 37.3. The molecule has 0 bridgehead atoms. The van der Waals surface area contributed by atoms with E-state index in [0.29, 0.717) is 33.5 Å². The van der Waals surface area contributed by atoms with Crippen LogP contribution in [0.15, 0.2) is 167 Å². The molecule has 0 aliphatic heterocycles. The number of aromatic hydroxyl groups is 1. The Morgan fingerprint density at radius 1 is 0.508 bits per heavy atom. The molecule has 0 spiro atoms. The minimum absolute atomic E-state index is 0.0359.